The normalized spacial score (nSPS) is 10.4. The lowest BCUT2D eigenvalue weighted by atomic mass is 10.2. The van der Waals surface area contributed by atoms with E-state index in [9.17, 15) is 0 Å². The third-order valence-corrected chi connectivity index (χ3v) is 3.23. The number of hydrogen-bond acceptors (Lipinski definition) is 3. The van der Waals surface area contributed by atoms with Gasteiger partial charge < -0.3 is 15.0 Å². The molecule has 0 radical (unpaired) electrons. The van der Waals surface area contributed by atoms with E-state index < -0.39 is 0 Å². The molecule has 0 unspecified atom stereocenters. The van der Waals surface area contributed by atoms with Crippen molar-refractivity contribution in [2.45, 2.75) is 6.54 Å². The molecule has 0 aliphatic heterocycles. The van der Waals surface area contributed by atoms with Crippen LogP contribution in [0, 0.1) is 0 Å². The van der Waals surface area contributed by atoms with Crippen LogP contribution in [0.4, 0.5) is 5.69 Å². The van der Waals surface area contributed by atoms with Crippen LogP contribution in [-0.4, -0.2) is 21.1 Å². The first-order chi connectivity index (χ1) is 9.60. The van der Waals surface area contributed by atoms with Crippen LogP contribution in [0.1, 0.15) is 5.56 Å². The summed E-state index contributed by atoms with van der Waals surface area (Å²) in [6, 6.07) is 13.7. The van der Waals surface area contributed by atoms with E-state index in [-0.39, 0.29) is 0 Å². The molecule has 0 heterocycles. The average Bonchev–Trinajstić information content (AvgIpc) is 2.42. The Morgan fingerprint density at radius 2 is 1.95 bits per heavy atom. The number of benzene rings is 2. The molecule has 0 bridgehead atoms. The van der Waals surface area contributed by atoms with Gasteiger partial charge in [-0.3, -0.25) is 0 Å². The van der Waals surface area contributed by atoms with Crippen LogP contribution < -0.4 is 15.0 Å². The molecule has 106 valence electrons. The van der Waals surface area contributed by atoms with Crippen molar-refractivity contribution in [2.24, 2.45) is 0 Å². The standard InChI is InChI=1S/C16H19ClN2O/c1-18-11-12-7-8-16(15(17)9-12)20-14-6-4-5-13(10-14)19(2)3/h4-10,18H,11H2,1-3H3. The molecule has 0 saturated carbocycles. The molecule has 0 fully saturated rings. The van der Waals surface area contributed by atoms with Gasteiger partial charge in [0.15, 0.2) is 0 Å². The minimum atomic E-state index is 0.619. The van der Waals surface area contributed by atoms with E-state index in [1.54, 1.807) is 0 Å². The highest BCUT2D eigenvalue weighted by Gasteiger charge is 2.05. The van der Waals surface area contributed by atoms with Crippen LogP contribution in [0.2, 0.25) is 5.02 Å². The summed E-state index contributed by atoms with van der Waals surface area (Å²) >= 11 is 6.25. The molecule has 2 rings (SSSR count). The first-order valence-electron chi connectivity index (χ1n) is 6.48. The van der Waals surface area contributed by atoms with Gasteiger partial charge in [-0.1, -0.05) is 23.7 Å². The summed E-state index contributed by atoms with van der Waals surface area (Å²) in [6.45, 7) is 0.788. The highest BCUT2D eigenvalue weighted by molar-refractivity contribution is 6.32. The van der Waals surface area contributed by atoms with E-state index in [2.05, 4.69) is 5.32 Å². The molecular weight excluding hydrogens is 272 g/mol. The Labute approximate surface area is 125 Å². The molecule has 2 aromatic rings. The number of halogens is 1. The zero-order valence-electron chi connectivity index (χ0n) is 12.0. The van der Waals surface area contributed by atoms with E-state index in [0.29, 0.717) is 10.8 Å². The predicted octanol–water partition coefficient (Wildman–Crippen LogP) is 3.92. The number of nitrogens with zero attached hydrogens (tertiary/aromatic N) is 1. The maximum absolute atomic E-state index is 6.25. The predicted molar refractivity (Wildman–Crippen MR) is 85.1 cm³/mol. The highest BCUT2D eigenvalue weighted by Crippen LogP contribution is 2.31. The van der Waals surface area contributed by atoms with Gasteiger partial charge in [0.25, 0.3) is 0 Å². The Morgan fingerprint density at radius 1 is 1.15 bits per heavy atom. The third kappa shape index (κ3) is 3.65. The Balaban J connectivity index is 2.19. The number of hydrogen-bond donors (Lipinski definition) is 1. The van der Waals surface area contributed by atoms with Crippen LogP contribution >= 0.6 is 11.6 Å². The molecule has 0 aliphatic carbocycles. The molecule has 3 nitrogen and oxygen atoms in total. The summed E-state index contributed by atoms with van der Waals surface area (Å²) in [6.07, 6.45) is 0. The van der Waals surface area contributed by atoms with Gasteiger partial charge in [-0.25, -0.2) is 0 Å². The van der Waals surface area contributed by atoms with Gasteiger partial charge in [-0.2, -0.15) is 0 Å². The summed E-state index contributed by atoms with van der Waals surface area (Å²) in [5.74, 6) is 1.45. The van der Waals surface area contributed by atoms with Gasteiger partial charge in [0, 0.05) is 32.4 Å². The smallest absolute Gasteiger partial charge is 0.146 e. The van der Waals surface area contributed by atoms with E-state index >= 15 is 0 Å². The quantitative estimate of drug-likeness (QED) is 0.903. The molecule has 4 heteroatoms. The molecule has 1 N–H and O–H groups in total. The van der Waals surface area contributed by atoms with Gasteiger partial charge in [0.05, 0.1) is 5.02 Å². The monoisotopic (exact) mass is 290 g/mol. The zero-order valence-corrected chi connectivity index (χ0v) is 12.7. The molecule has 0 aromatic heterocycles. The fourth-order valence-corrected chi connectivity index (χ4v) is 2.14. The van der Waals surface area contributed by atoms with Gasteiger partial charge in [0.1, 0.15) is 11.5 Å². The molecular formula is C16H19ClN2O. The second-order valence-electron chi connectivity index (χ2n) is 4.79. The highest BCUT2D eigenvalue weighted by atomic mass is 35.5. The topological polar surface area (TPSA) is 24.5 Å². The van der Waals surface area contributed by atoms with Crippen molar-refractivity contribution in [3.05, 3.63) is 53.1 Å². The van der Waals surface area contributed by atoms with E-state index in [1.165, 1.54) is 0 Å². The van der Waals surface area contributed by atoms with Crippen LogP contribution in [0.25, 0.3) is 0 Å². The van der Waals surface area contributed by atoms with Crippen molar-refractivity contribution in [1.82, 2.24) is 5.32 Å². The van der Waals surface area contributed by atoms with E-state index in [1.807, 2.05) is 68.5 Å². The lowest BCUT2D eigenvalue weighted by molar-refractivity contribution is 0.482. The first kappa shape index (κ1) is 14.7. The number of rotatable bonds is 5. The molecule has 0 spiro atoms. The molecule has 2 aromatic carbocycles. The summed E-state index contributed by atoms with van der Waals surface area (Å²) in [5.41, 5.74) is 2.22. The third-order valence-electron chi connectivity index (χ3n) is 2.94. The van der Waals surface area contributed by atoms with Crippen LogP contribution in [0.3, 0.4) is 0 Å². The minimum Gasteiger partial charge on any atom is -0.456 e. The maximum atomic E-state index is 6.25. The zero-order chi connectivity index (χ0) is 14.5. The van der Waals surface area contributed by atoms with Gasteiger partial charge in [-0.15, -0.1) is 0 Å². The van der Waals surface area contributed by atoms with Crippen molar-refractivity contribution in [1.29, 1.82) is 0 Å². The van der Waals surface area contributed by atoms with E-state index in [4.69, 9.17) is 16.3 Å². The largest absolute Gasteiger partial charge is 0.456 e. The average molecular weight is 291 g/mol. The number of nitrogens with one attached hydrogen (secondary N) is 1. The minimum absolute atomic E-state index is 0.619. The van der Waals surface area contributed by atoms with Crippen LogP contribution in [-0.2, 0) is 6.54 Å². The molecule has 0 amide bonds. The van der Waals surface area contributed by atoms with Crippen molar-refractivity contribution >= 4 is 17.3 Å². The van der Waals surface area contributed by atoms with Gasteiger partial charge in [0.2, 0.25) is 0 Å². The fraction of sp³-hybridized carbons (Fsp3) is 0.250. The van der Waals surface area contributed by atoms with Crippen molar-refractivity contribution < 1.29 is 4.74 Å². The fourth-order valence-electron chi connectivity index (χ4n) is 1.89. The maximum Gasteiger partial charge on any atom is 0.146 e. The Hall–Kier alpha value is -1.71. The summed E-state index contributed by atoms with van der Waals surface area (Å²) in [4.78, 5) is 2.03. The number of anilines is 1. The van der Waals surface area contributed by atoms with Gasteiger partial charge in [-0.05, 0) is 36.9 Å². The summed E-state index contributed by atoms with van der Waals surface area (Å²) < 4.78 is 5.85. The van der Waals surface area contributed by atoms with E-state index in [0.717, 1.165) is 23.5 Å². The Morgan fingerprint density at radius 3 is 2.60 bits per heavy atom. The molecule has 20 heavy (non-hydrogen) atoms. The molecule has 0 atom stereocenters. The summed E-state index contributed by atoms with van der Waals surface area (Å²) in [5, 5.41) is 3.71. The van der Waals surface area contributed by atoms with Crippen molar-refractivity contribution in [3.8, 4) is 11.5 Å². The lowest BCUT2D eigenvalue weighted by Gasteiger charge is -2.14. The second-order valence-corrected chi connectivity index (χ2v) is 5.20. The van der Waals surface area contributed by atoms with Crippen LogP contribution in [0.15, 0.2) is 42.5 Å². The molecule has 0 saturated heterocycles. The molecule has 0 aliphatic rings. The van der Waals surface area contributed by atoms with Crippen molar-refractivity contribution in [2.75, 3.05) is 26.0 Å². The first-order valence-corrected chi connectivity index (χ1v) is 6.86. The lowest BCUT2D eigenvalue weighted by Crippen LogP contribution is -2.08. The Bertz CT molecular complexity index is 584. The Kier molecular flexibility index (Phi) is 4.88. The summed E-state index contributed by atoms with van der Waals surface area (Å²) in [7, 11) is 5.91. The van der Waals surface area contributed by atoms with Gasteiger partial charge >= 0.3 is 0 Å². The van der Waals surface area contributed by atoms with Crippen LogP contribution in [0.5, 0.6) is 11.5 Å². The van der Waals surface area contributed by atoms with Crippen molar-refractivity contribution in [3.63, 3.8) is 0 Å². The SMILES string of the molecule is CNCc1ccc(Oc2cccc(N(C)C)c2)c(Cl)c1. The number of ether oxygens (including phenoxy) is 1. The second kappa shape index (κ2) is 6.64.